The minimum atomic E-state index is -0.118. The highest BCUT2D eigenvalue weighted by molar-refractivity contribution is 5.95. The fourth-order valence-corrected chi connectivity index (χ4v) is 3.19. The summed E-state index contributed by atoms with van der Waals surface area (Å²) in [7, 11) is 0. The Labute approximate surface area is 133 Å². The van der Waals surface area contributed by atoms with E-state index in [0.29, 0.717) is 6.54 Å². The number of likely N-dealkylation sites (tertiary alicyclic amines) is 1. The average molecular weight is 306 g/mol. The topological polar surface area (TPSA) is 64.2 Å². The third-order valence-electron chi connectivity index (χ3n) is 4.67. The molecule has 5 nitrogen and oxygen atoms in total. The number of hydrogen-bond acceptors (Lipinski definition) is 3. The third-order valence-corrected chi connectivity index (χ3v) is 4.67. The Morgan fingerprint density at radius 2 is 2.09 bits per heavy atom. The van der Waals surface area contributed by atoms with Crippen molar-refractivity contribution in [2.45, 2.75) is 66.0 Å². The van der Waals surface area contributed by atoms with Gasteiger partial charge in [0.1, 0.15) is 0 Å². The summed E-state index contributed by atoms with van der Waals surface area (Å²) in [6, 6.07) is 0.152. The first-order valence-electron chi connectivity index (χ1n) is 8.20. The summed E-state index contributed by atoms with van der Waals surface area (Å²) in [5.41, 5.74) is 7.78. The summed E-state index contributed by atoms with van der Waals surface area (Å²) in [6.45, 7) is 14.1. The zero-order valence-corrected chi connectivity index (χ0v) is 14.8. The number of aromatic nitrogens is 2. The molecule has 2 N–H and O–H groups in total. The summed E-state index contributed by atoms with van der Waals surface area (Å²) < 4.78 is 1.97. The molecule has 1 aromatic rings. The van der Waals surface area contributed by atoms with Crippen LogP contribution in [-0.4, -0.2) is 39.7 Å². The van der Waals surface area contributed by atoms with Crippen molar-refractivity contribution in [2.75, 3.05) is 13.1 Å². The zero-order valence-electron chi connectivity index (χ0n) is 14.8. The average Bonchev–Trinajstić information content (AvgIpc) is 2.84. The molecular weight excluding hydrogens is 276 g/mol. The molecule has 1 saturated heterocycles. The highest BCUT2D eigenvalue weighted by Crippen LogP contribution is 2.29. The lowest BCUT2D eigenvalue weighted by Gasteiger charge is -2.42. The molecule has 0 aromatic carbocycles. The molecule has 1 fully saturated rings. The Hall–Kier alpha value is -1.36. The third kappa shape index (κ3) is 3.05. The van der Waals surface area contributed by atoms with Gasteiger partial charge in [-0.05, 0) is 39.0 Å². The van der Waals surface area contributed by atoms with E-state index in [0.717, 1.165) is 30.6 Å². The molecule has 1 aromatic heterocycles. The van der Waals surface area contributed by atoms with Gasteiger partial charge < -0.3 is 10.6 Å². The summed E-state index contributed by atoms with van der Waals surface area (Å²) in [5, 5.41) is 4.47. The molecule has 0 saturated carbocycles. The van der Waals surface area contributed by atoms with E-state index >= 15 is 0 Å². The maximum atomic E-state index is 12.9. The predicted molar refractivity (Wildman–Crippen MR) is 88.9 cm³/mol. The van der Waals surface area contributed by atoms with Crippen molar-refractivity contribution in [3.8, 4) is 0 Å². The molecule has 1 amide bonds. The van der Waals surface area contributed by atoms with Gasteiger partial charge in [0, 0.05) is 19.1 Å². The van der Waals surface area contributed by atoms with E-state index in [9.17, 15) is 4.79 Å². The highest BCUT2D eigenvalue weighted by atomic mass is 16.2. The van der Waals surface area contributed by atoms with Gasteiger partial charge in [-0.3, -0.25) is 9.48 Å². The van der Waals surface area contributed by atoms with E-state index in [1.165, 1.54) is 0 Å². The zero-order chi connectivity index (χ0) is 16.7. The first-order valence-corrected chi connectivity index (χ1v) is 8.20. The van der Waals surface area contributed by atoms with Crippen molar-refractivity contribution in [3.05, 3.63) is 17.5 Å². The number of carbonyl (C=O) groups excluding carboxylic acids is 1. The van der Waals surface area contributed by atoms with Crippen molar-refractivity contribution >= 4 is 5.91 Å². The summed E-state index contributed by atoms with van der Waals surface area (Å²) in [6.07, 6.45) is 3.39. The molecule has 1 aliphatic rings. The Bertz CT molecular complexity index is 553. The van der Waals surface area contributed by atoms with Gasteiger partial charge in [0.15, 0.2) is 0 Å². The van der Waals surface area contributed by atoms with Crippen LogP contribution in [0.5, 0.6) is 0 Å². The summed E-state index contributed by atoms with van der Waals surface area (Å²) >= 11 is 0. The second kappa shape index (κ2) is 5.69. The van der Waals surface area contributed by atoms with Crippen LogP contribution < -0.4 is 5.73 Å². The van der Waals surface area contributed by atoms with Gasteiger partial charge in [0.25, 0.3) is 5.91 Å². The van der Waals surface area contributed by atoms with Crippen molar-refractivity contribution in [3.63, 3.8) is 0 Å². The lowest BCUT2D eigenvalue weighted by Crippen LogP contribution is -2.54. The van der Waals surface area contributed by atoms with Crippen molar-refractivity contribution in [2.24, 2.45) is 11.1 Å². The van der Waals surface area contributed by atoms with Crippen LogP contribution >= 0.6 is 0 Å². The molecule has 0 aliphatic carbocycles. The van der Waals surface area contributed by atoms with Gasteiger partial charge in [-0.15, -0.1) is 0 Å². The SMILES string of the molecule is CCc1c(C(=O)N2CCC(N)C(C)(C)C2)cnn1C(C)(C)C. The van der Waals surface area contributed by atoms with Gasteiger partial charge in [-0.25, -0.2) is 0 Å². The Balaban J connectivity index is 2.29. The molecule has 1 aliphatic heterocycles. The Morgan fingerprint density at radius 1 is 1.45 bits per heavy atom. The molecule has 5 heteroatoms. The molecule has 124 valence electrons. The number of rotatable bonds is 2. The van der Waals surface area contributed by atoms with E-state index < -0.39 is 0 Å². The van der Waals surface area contributed by atoms with Crippen LogP contribution in [0.1, 0.15) is 64.0 Å². The normalized spacial score (nSPS) is 22.0. The molecule has 2 rings (SSSR count). The number of hydrogen-bond donors (Lipinski definition) is 1. The summed E-state index contributed by atoms with van der Waals surface area (Å²) in [4.78, 5) is 14.9. The van der Waals surface area contributed by atoms with Gasteiger partial charge in [-0.1, -0.05) is 20.8 Å². The molecular formula is C17H30N4O. The fourth-order valence-electron chi connectivity index (χ4n) is 3.19. The molecule has 2 heterocycles. The standard InChI is InChI=1S/C17H30N4O/c1-7-13-12(10-19-21(13)16(2,3)4)15(22)20-9-8-14(18)17(5,6)11-20/h10,14H,7-9,11,18H2,1-6H3. The Kier molecular flexibility index (Phi) is 4.39. The van der Waals surface area contributed by atoms with Crippen LogP contribution in [0.2, 0.25) is 0 Å². The lowest BCUT2D eigenvalue weighted by atomic mass is 9.79. The number of nitrogens with zero attached hydrogens (tertiary/aromatic N) is 3. The van der Waals surface area contributed by atoms with Crippen molar-refractivity contribution in [1.29, 1.82) is 0 Å². The first-order chi connectivity index (χ1) is 10.1. The maximum Gasteiger partial charge on any atom is 0.257 e. The van der Waals surface area contributed by atoms with Gasteiger partial charge in [0.05, 0.1) is 23.0 Å². The molecule has 0 radical (unpaired) electrons. The highest BCUT2D eigenvalue weighted by Gasteiger charge is 2.36. The van der Waals surface area contributed by atoms with Crippen LogP contribution in [0.25, 0.3) is 0 Å². The Morgan fingerprint density at radius 3 is 2.59 bits per heavy atom. The second-order valence-electron chi connectivity index (χ2n) is 8.05. The number of amides is 1. The monoisotopic (exact) mass is 306 g/mol. The van der Waals surface area contributed by atoms with Gasteiger partial charge >= 0.3 is 0 Å². The minimum Gasteiger partial charge on any atom is -0.338 e. The van der Waals surface area contributed by atoms with Gasteiger partial charge in [0.2, 0.25) is 0 Å². The smallest absolute Gasteiger partial charge is 0.257 e. The fraction of sp³-hybridized carbons (Fsp3) is 0.765. The van der Waals surface area contributed by atoms with E-state index in [2.05, 4.69) is 46.6 Å². The van der Waals surface area contributed by atoms with E-state index in [1.54, 1.807) is 6.20 Å². The summed E-state index contributed by atoms with van der Waals surface area (Å²) in [5.74, 6) is 0.0901. The quantitative estimate of drug-likeness (QED) is 0.912. The lowest BCUT2D eigenvalue weighted by molar-refractivity contribution is 0.0531. The van der Waals surface area contributed by atoms with Crippen molar-refractivity contribution < 1.29 is 4.79 Å². The van der Waals surface area contributed by atoms with Crippen LogP contribution in [0, 0.1) is 5.41 Å². The van der Waals surface area contributed by atoms with Gasteiger partial charge in [-0.2, -0.15) is 5.10 Å². The van der Waals surface area contributed by atoms with Crippen molar-refractivity contribution in [1.82, 2.24) is 14.7 Å². The van der Waals surface area contributed by atoms with E-state index in [4.69, 9.17) is 5.73 Å². The van der Waals surface area contributed by atoms with Crippen LogP contribution in [0.4, 0.5) is 0 Å². The molecule has 0 spiro atoms. The van der Waals surface area contributed by atoms with Crippen LogP contribution in [-0.2, 0) is 12.0 Å². The maximum absolute atomic E-state index is 12.9. The predicted octanol–water partition coefficient (Wildman–Crippen LogP) is 2.40. The second-order valence-corrected chi connectivity index (χ2v) is 8.05. The van der Waals surface area contributed by atoms with Crippen LogP contribution in [0.3, 0.4) is 0 Å². The van der Waals surface area contributed by atoms with E-state index in [-0.39, 0.29) is 22.9 Å². The molecule has 0 bridgehead atoms. The molecule has 22 heavy (non-hydrogen) atoms. The molecule has 1 atom stereocenters. The largest absolute Gasteiger partial charge is 0.338 e. The number of carbonyl (C=O) groups is 1. The number of piperidine rings is 1. The molecule has 1 unspecified atom stereocenters. The first kappa shape index (κ1) is 17.0. The minimum absolute atomic E-state index is 0.0414. The number of nitrogens with two attached hydrogens (primary N) is 1. The van der Waals surface area contributed by atoms with E-state index in [1.807, 2.05) is 9.58 Å². The van der Waals surface area contributed by atoms with Crippen LogP contribution in [0.15, 0.2) is 6.20 Å².